The van der Waals surface area contributed by atoms with E-state index >= 15 is 0 Å². The molecule has 1 aliphatic heterocycles. The summed E-state index contributed by atoms with van der Waals surface area (Å²) in [7, 11) is 1.59. The van der Waals surface area contributed by atoms with Gasteiger partial charge in [-0.3, -0.25) is 14.5 Å². The van der Waals surface area contributed by atoms with Gasteiger partial charge in [0.15, 0.2) is 0 Å². The fourth-order valence-electron chi connectivity index (χ4n) is 2.54. The molecule has 0 spiro atoms. The molecule has 152 valence electrons. The second-order valence-electron chi connectivity index (χ2n) is 6.06. The third kappa shape index (κ3) is 6.19. The molecule has 0 fully saturated rings. The SMILES string of the molecule is COCCCC/C(=N\OCCN1C(=O)C=CC1=O)c1ccc(C(F)(F)F)cc1. The fraction of sp³-hybridized carbons (Fsp3) is 0.421. The quantitative estimate of drug-likeness (QED) is 0.263. The van der Waals surface area contributed by atoms with E-state index in [0.29, 0.717) is 30.7 Å². The van der Waals surface area contributed by atoms with Gasteiger partial charge in [-0.05, 0) is 37.0 Å². The van der Waals surface area contributed by atoms with E-state index in [-0.39, 0.29) is 13.2 Å². The van der Waals surface area contributed by atoms with Crippen molar-refractivity contribution >= 4 is 17.5 Å². The predicted molar refractivity (Wildman–Crippen MR) is 95.5 cm³/mol. The van der Waals surface area contributed by atoms with Gasteiger partial charge in [-0.25, -0.2) is 0 Å². The Morgan fingerprint density at radius 1 is 1.04 bits per heavy atom. The summed E-state index contributed by atoms with van der Waals surface area (Å²) in [6.07, 6.45) is -0.0990. The third-order valence-electron chi connectivity index (χ3n) is 4.04. The van der Waals surface area contributed by atoms with Gasteiger partial charge in [-0.2, -0.15) is 13.2 Å². The van der Waals surface area contributed by atoms with Gasteiger partial charge in [0.05, 0.1) is 17.8 Å². The summed E-state index contributed by atoms with van der Waals surface area (Å²) in [5.74, 6) is -0.833. The molecule has 0 saturated heterocycles. The molecular weight excluding hydrogens is 377 g/mol. The van der Waals surface area contributed by atoms with E-state index in [1.807, 2.05) is 0 Å². The average Bonchev–Trinajstić information content (AvgIpc) is 2.98. The molecule has 0 N–H and O–H groups in total. The number of benzene rings is 1. The number of hydrogen-bond donors (Lipinski definition) is 0. The number of nitrogens with zero attached hydrogens (tertiary/aromatic N) is 2. The maximum atomic E-state index is 12.7. The molecule has 0 bridgehead atoms. The zero-order valence-corrected chi connectivity index (χ0v) is 15.4. The van der Waals surface area contributed by atoms with Crippen LogP contribution in [0.25, 0.3) is 0 Å². The molecule has 6 nitrogen and oxygen atoms in total. The van der Waals surface area contributed by atoms with Gasteiger partial charge < -0.3 is 9.57 Å². The first-order chi connectivity index (χ1) is 13.3. The molecule has 0 radical (unpaired) electrons. The molecule has 0 aliphatic carbocycles. The summed E-state index contributed by atoms with van der Waals surface area (Å²) in [5.41, 5.74) is 0.261. The van der Waals surface area contributed by atoms with Crippen LogP contribution in [-0.4, -0.2) is 49.3 Å². The maximum Gasteiger partial charge on any atom is 0.416 e. The number of carbonyl (C=O) groups is 2. The number of hydrogen-bond acceptors (Lipinski definition) is 5. The van der Waals surface area contributed by atoms with Gasteiger partial charge in [0, 0.05) is 25.9 Å². The lowest BCUT2D eigenvalue weighted by molar-refractivity contribution is -0.138. The van der Waals surface area contributed by atoms with Crippen LogP contribution in [0, 0.1) is 0 Å². The number of unbranched alkanes of at least 4 members (excludes halogenated alkanes) is 1. The highest BCUT2D eigenvalue weighted by atomic mass is 19.4. The van der Waals surface area contributed by atoms with Crippen molar-refractivity contribution in [3.8, 4) is 0 Å². The van der Waals surface area contributed by atoms with Crippen LogP contribution in [0.5, 0.6) is 0 Å². The molecule has 1 heterocycles. The Kier molecular flexibility index (Phi) is 7.74. The lowest BCUT2D eigenvalue weighted by Crippen LogP contribution is -2.32. The van der Waals surface area contributed by atoms with Crippen LogP contribution in [0.4, 0.5) is 13.2 Å². The van der Waals surface area contributed by atoms with Crippen molar-refractivity contribution in [2.24, 2.45) is 5.16 Å². The molecule has 9 heteroatoms. The number of imide groups is 1. The number of rotatable bonds is 10. The van der Waals surface area contributed by atoms with E-state index in [1.165, 1.54) is 24.3 Å². The molecule has 0 saturated carbocycles. The fourth-order valence-corrected chi connectivity index (χ4v) is 2.54. The largest absolute Gasteiger partial charge is 0.416 e. The second kappa shape index (κ2) is 10.0. The Bertz CT molecular complexity index is 725. The number of oxime groups is 1. The van der Waals surface area contributed by atoms with Crippen molar-refractivity contribution in [2.75, 3.05) is 26.9 Å². The predicted octanol–water partition coefficient (Wildman–Crippen LogP) is 3.17. The monoisotopic (exact) mass is 398 g/mol. The van der Waals surface area contributed by atoms with Crippen molar-refractivity contribution in [3.63, 3.8) is 0 Å². The first kappa shape index (κ1) is 21.6. The van der Waals surface area contributed by atoms with Gasteiger partial charge in [-0.1, -0.05) is 17.3 Å². The van der Waals surface area contributed by atoms with Crippen molar-refractivity contribution in [3.05, 3.63) is 47.5 Å². The molecule has 1 aromatic rings. The standard InChI is InChI=1S/C19H21F3N2O4/c1-27-12-3-2-4-16(14-5-7-15(8-6-14)19(20,21)22)23-28-13-11-24-17(25)9-10-18(24)26/h5-10H,2-4,11-13H2,1H3/b23-16+. The zero-order valence-electron chi connectivity index (χ0n) is 15.4. The first-order valence-electron chi connectivity index (χ1n) is 8.72. The van der Waals surface area contributed by atoms with Gasteiger partial charge in [0.25, 0.3) is 11.8 Å². The summed E-state index contributed by atoms with van der Waals surface area (Å²) in [4.78, 5) is 29.2. The molecule has 0 aromatic heterocycles. The molecule has 1 aliphatic rings. The van der Waals surface area contributed by atoms with E-state index in [0.717, 1.165) is 23.5 Å². The normalized spacial score (nSPS) is 14.9. The van der Waals surface area contributed by atoms with E-state index < -0.39 is 23.6 Å². The summed E-state index contributed by atoms with van der Waals surface area (Å²) >= 11 is 0. The van der Waals surface area contributed by atoms with E-state index in [2.05, 4.69) is 5.16 Å². The van der Waals surface area contributed by atoms with E-state index in [4.69, 9.17) is 9.57 Å². The lowest BCUT2D eigenvalue weighted by Gasteiger charge is -2.13. The van der Waals surface area contributed by atoms with Crippen LogP contribution in [0.15, 0.2) is 41.6 Å². The van der Waals surface area contributed by atoms with Crippen LogP contribution in [-0.2, 0) is 25.3 Å². The number of ether oxygens (including phenoxy) is 1. The highest BCUT2D eigenvalue weighted by Crippen LogP contribution is 2.29. The van der Waals surface area contributed by atoms with Crippen LogP contribution >= 0.6 is 0 Å². The molecule has 1 aromatic carbocycles. The molecular formula is C19H21F3N2O4. The minimum Gasteiger partial charge on any atom is -0.394 e. The average molecular weight is 398 g/mol. The highest BCUT2D eigenvalue weighted by molar-refractivity contribution is 6.12. The second-order valence-corrected chi connectivity index (χ2v) is 6.06. The number of alkyl halides is 3. The Morgan fingerprint density at radius 2 is 1.68 bits per heavy atom. The van der Waals surface area contributed by atoms with Crippen molar-refractivity contribution < 1.29 is 32.3 Å². The smallest absolute Gasteiger partial charge is 0.394 e. The van der Waals surface area contributed by atoms with Crippen molar-refractivity contribution in [1.29, 1.82) is 0 Å². The minimum absolute atomic E-state index is 0.0125. The number of amides is 2. The van der Waals surface area contributed by atoms with Gasteiger partial charge in [0.1, 0.15) is 6.61 Å². The number of methoxy groups -OCH3 is 1. The van der Waals surface area contributed by atoms with Gasteiger partial charge >= 0.3 is 6.18 Å². The van der Waals surface area contributed by atoms with Crippen LogP contribution < -0.4 is 0 Å². The van der Waals surface area contributed by atoms with Crippen LogP contribution in [0.3, 0.4) is 0 Å². The maximum absolute atomic E-state index is 12.7. The Labute approximate surface area is 160 Å². The molecule has 0 atom stereocenters. The summed E-state index contributed by atoms with van der Waals surface area (Å²) in [5, 5.41) is 4.02. The van der Waals surface area contributed by atoms with Crippen LogP contribution in [0.1, 0.15) is 30.4 Å². The first-order valence-corrected chi connectivity index (χ1v) is 8.72. The molecule has 2 rings (SSSR count). The Balaban J connectivity index is 2.00. The number of carbonyl (C=O) groups excluding carboxylic acids is 2. The lowest BCUT2D eigenvalue weighted by atomic mass is 10.0. The molecule has 2 amide bonds. The zero-order chi connectivity index (χ0) is 20.6. The van der Waals surface area contributed by atoms with E-state index in [1.54, 1.807) is 7.11 Å². The Morgan fingerprint density at radius 3 is 2.25 bits per heavy atom. The molecule has 28 heavy (non-hydrogen) atoms. The van der Waals surface area contributed by atoms with Gasteiger partial charge in [0.2, 0.25) is 0 Å². The van der Waals surface area contributed by atoms with E-state index in [9.17, 15) is 22.8 Å². The molecule has 0 unspecified atom stereocenters. The third-order valence-corrected chi connectivity index (χ3v) is 4.04. The summed E-state index contributed by atoms with van der Waals surface area (Å²) < 4.78 is 43.2. The highest BCUT2D eigenvalue weighted by Gasteiger charge is 2.30. The summed E-state index contributed by atoms with van der Waals surface area (Å²) in [6.45, 7) is 0.590. The van der Waals surface area contributed by atoms with Crippen LogP contribution in [0.2, 0.25) is 0 Å². The summed E-state index contributed by atoms with van der Waals surface area (Å²) in [6, 6.07) is 4.68. The topological polar surface area (TPSA) is 68.2 Å². The van der Waals surface area contributed by atoms with Crippen molar-refractivity contribution in [1.82, 2.24) is 4.90 Å². The minimum atomic E-state index is -4.41. The van der Waals surface area contributed by atoms with Gasteiger partial charge in [-0.15, -0.1) is 0 Å². The Hall–Kier alpha value is -2.68. The van der Waals surface area contributed by atoms with Crippen molar-refractivity contribution in [2.45, 2.75) is 25.4 Å². The number of halogens is 3.